The van der Waals surface area contributed by atoms with E-state index in [0.717, 1.165) is 5.56 Å². The first-order valence-corrected chi connectivity index (χ1v) is 8.04. The summed E-state index contributed by atoms with van der Waals surface area (Å²) in [5.74, 6) is -0.860. The monoisotopic (exact) mass is 329 g/mol. The largest absolute Gasteiger partial charge is 0.480 e. The van der Waals surface area contributed by atoms with Crippen LogP contribution in [0.1, 0.15) is 18.9 Å². The molecule has 23 heavy (non-hydrogen) atoms. The summed E-state index contributed by atoms with van der Waals surface area (Å²) < 4.78 is 1.69. The lowest BCUT2D eigenvalue weighted by atomic mass is 10.2. The molecule has 0 aliphatic rings. The Bertz CT molecular complexity index is 821. The summed E-state index contributed by atoms with van der Waals surface area (Å²) in [4.78, 5) is 19.6. The van der Waals surface area contributed by atoms with Crippen molar-refractivity contribution in [1.29, 1.82) is 0 Å². The van der Waals surface area contributed by atoms with Crippen molar-refractivity contribution in [2.75, 3.05) is 0 Å². The maximum Gasteiger partial charge on any atom is 0.317 e. The molecule has 1 atom stereocenters. The number of rotatable bonds is 6. The number of nitrogens with zero attached hydrogens (tertiary/aromatic N) is 5. The van der Waals surface area contributed by atoms with Crippen LogP contribution in [0.5, 0.6) is 0 Å². The van der Waals surface area contributed by atoms with E-state index in [1.807, 2.05) is 37.3 Å². The Hall–Kier alpha value is -2.48. The lowest BCUT2D eigenvalue weighted by molar-refractivity contribution is -0.136. The van der Waals surface area contributed by atoms with Gasteiger partial charge in [0.15, 0.2) is 11.2 Å². The maximum absolute atomic E-state index is 11.2. The summed E-state index contributed by atoms with van der Waals surface area (Å²) in [6.07, 6.45) is 1.92. The highest BCUT2D eigenvalue weighted by Crippen LogP contribution is 2.28. The third-order valence-electron chi connectivity index (χ3n) is 3.34. The number of fused-ring (bicyclic) bond motifs is 1. The molecule has 0 bridgehead atoms. The second-order valence-electron chi connectivity index (χ2n) is 4.94. The number of hydrogen-bond acceptors (Lipinski definition) is 6. The molecule has 1 N–H and O–H groups in total. The number of benzene rings is 1. The SMILES string of the molecule is CC[C@H](Sc1ncnc2c1nnn2Cc1ccccc1)C(=O)O. The van der Waals surface area contributed by atoms with E-state index in [0.29, 0.717) is 29.2 Å². The molecule has 118 valence electrons. The van der Waals surface area contributed by atoms with Crippen molar-refractivity contribution in [2.24, 2.45) is 0 Å². The van der Waals surface area contributed by atoms with Crippen LogP contribution in [0.15, 0.2) is 41.7 Å². The van der Waals surface area contributed by atoms with Gasteiger partial charge in [-0.25, -0.2) is 14.6 Å². The van der Waals surface area contributed by atoms with Crippen LogP contribution in [0, 0.1) is 0 Å². The fourth-order valence-corrected chi connectivity index (χ4v) is 3.05. The molecule has 2 aromatic heterocycles. The van der Waals surface area contributed by atoms with E-state index in [1.54, 1.807) is 4.68 Å². The lowest BCUT2D eigenvalue weighted by Crippen LogP contribution is -2.15. The van der Waals surface area contributed by atoms with Crippen molar-refractivity contribution >= 4 is 28.9 Å². The molecule has 0 unspecified atom stereocenters. The molecule has 0 fully saturated rings. The number of carboxylic acids is 1. The van der Waals surface area contributed by atoms with Crippen LogP contribution in [-0.2, 0) is 11.3 Å². The third kappa shape index (κ3) is 3.31. The number of hydrogen-bond donors (Lipinski definition) is 1. The van der Waals surface area contributed by atoms with E-state index in [9.17, 15) is 9.90 Å². The van der Waals surface area contributed by atoms with E-state index < -0.39 is 11.2 Å². The molecule has 3 rings (SSSR count). The molecule has 0 aliphatic heterocycles. The van der Waals surface area contributed by atoms with Gasteiger partial charge in [0.25, 0.3) is 0 Å². The van der Waals surface area contributed by atoms with Gasteiger partial charge in [-0.1, -0.05) is 54.2 Å². The lowest BCUT2D eigenvalue weighted by Gasteiger charge is -2.08. The van der Waals surface area contributed by atoms with Crippen LogP contribution in [0.3, 0.4) is 0 Å². The minimum Gasteiger partial charge on any atom is -0.480 e. The van der Waals surface area contributed by atoms with Crippen molar-refractivity contribution in [1.82, 2.24) is 25.0 Å². The molecule has 1 aromatic carbocycles. The third-order valence-corrected chi connectivity index (χ3v) is 4.68. The molecule has 2 heterocycles. The smallest absolute Gasteiger partial charge is 0.317 e. The molecule has 8 heteroatoms. The molecule has 3 aromatic rings. The van der Waals surface area contributed by atoms with Crippen molar-refractivity contribution < 1.29 is 9.90 Å². The van der Waals surface area contributed by atoms with Crippen LogP contribution in [-0.4, -0.2) is 41.3 Å². The Morgan fingerprint density at radius 3 is 2.78 bits per heavy atom. The van der Waals surface area contributed by atoms with Crippen molar-refractivity contribution in [3.05, 3.63) is 42.2 Å². The average molecular weight is 329 g/mol. The highest BCUT2D eigenvalue weighted by Gasteiger charge is 2.21. The first-order chi connectivity index (χ1) is 11.2. The van der Waals surface area contributed by atoms with Gasteiger partial charge < -0.3 is 5.11 Å². The topological polar surface area (TPSA) is 93.8 Å². The molecule has 0 amide bonds. The van der Waals surface area contributed by atoms with Gasteiger partial charge in [0, 0.05) is 0 Å². The van der Waals surface area contributed by atoms with Crippen LogP contribution in [0.2, 0.25) is 0 Å². The summed E-state index contributed by atoms with van der Waals surface area (Å²) in [6.45, 7) is 2.38. The van der Waals surface area contributed by atoms with Gasteiger partial charge in [-0.15, -0.1) is 5.10 Å². The maximum atomic E-state index is 11.2. The summed E-state index contributed by atoms with van der Waals surface area (Å²) in [6, 6.07) is 9.88. The molecule has 0 spiro atoms. The molecule has 0 saturated carbocycles. The van der Waals surface area contributed by atoms with Crippen LogP contribution >= 0.6 is 11.8 Å². The van der Waals surface area contributed by atoms with Crippen molar-refractivity contribution in [2.45, 2.75) is 30.2 Å². The number of carboxylic acid groups (broad SMARTS) is 1. The Balaban J connectivity index is 1.92. The van der Waals surface area contributed by atoms with Gasteiger partial charge in [0.1, 0.15) is 16.6 Å². The number of aliphatic carboxylic acids is 1. The van der Waals surface area contributed by atoms with Crippen LogP contribution < -0.4 is 0 Å². The molecule has 7 nitrogen and oxygen atoms in total. The standard InChI is InChI=1S/C15H15N5O2S/c1-2-11(15(21)22)23-14-12-13(16-9-17-14)20(19-18-12)8-10-6-4-3-5-7-10/h3-7,9,11H,2,8H2,1H3,(H,21,22)/t11-/m0/s1. The zero-order valence-corrected chi connectivity index (χ0v) is 13.3. The van der Waals surface area contributed by atoms with E-state index >= 15 is 0 Å². The predicted molar refractivity (Wildman–Crippen MR) is 86.2 cm³/mol. The summed E-state index contributed by atoms with van der Waals surface area (Å²) >= 11 is 1.18. The van der Waals surface area contributed by atoms with Crippen LogP contribution in [0.25, 0.3) is 11.2 Å². The predicted octanol–water partition coefficient (Wildman–Crippen LogP) is 2.22. The molecule has 0 saturated heterocycles. The first kappa shape index (κ1) is 15.4. The number of thioether (sulfide) groups is 1. The minimum absolute atomic E-state index is 0.504. The molecule has 0 radical (unpaired) electrons. The second-order valence-corrected chi connectivity index (χ2v) is 6.13. The zero-order valence-electron chi connectivity index (χ0n) is 12.5. The van der Waals surface area contributed by atoms with Gasteiger partial charge in [-0.3, -0.25) is 4.79 Å². The zero-order chi connectivity index (χ0) is 16.2. The molecular weight excluding hydrogens is 314 g/mol. The fourth-order valence-electron chi connectivity index (χ4n) is 2.16. The average Bonchev–Trinajstić information content (AvgIpc) is 2.97. The van der Waals surface area contributed by atoms with Crippen molar-refractivity contribution in [3.63, 3.8) is 0 Å². The summed E-state index contributed by atoms with van der Waals surface area (Å²) in [7, 11) is 0. The first-order valence-electron chi connectivity index (χ1n) is 7.16. The van der Waals surface area contributed by atoms with Gasteiger partial charge in [-0.2, -0.15) is 0 Å². The Morgan fingerprint density at radius 2 is 2.09 bits per heavy atom. The minimum atomic E-state index is -0.860. The van der Waals surface area contributed by atoms with Gasteiger partial charge in [0.05, 0.1) is 6.54 Å². The Kier molecular flexibility index (Phi) is 4.52. The Labute approximate surface area is 136 Å². The van der Waals surface area contributed by atoms with E-state index in [4.69, 9.17) is 0 Å². The van der Waals surface area contributed by atoms with Gasteiger partial charge in [0.2, 0.25) is 0 Å². The molecule has 0 aliphatic carbocycles. The quantitative estimate of drug-likeness (QED) is 0.547. The normalized spacial score (nSPS) is 12.4. The van der Waals surface area contributed by atoms with Gasteiger partial charge >= 0.3 is 5.97 Å². The summed E-state index contributed by atoms with van der Waals surface area (Å²) in [5, 5.41) is 17.5. The fraction of sp³-hybridized carbons (Fsp3) is 0.267. The number of carbonyl (C=O) groups is 1. The van der Waals surface area contributed by atoms with Crippen molar-refractivity contribution in [3.8, 4) is 0 Å². The van der Waals surface area contributed by atoms with E-state index in [-0.39, 0.29) is 0 Å². The summed E-state index contributed by atoms with van der Waals surface area (Å²) in [5.41, 5.74) is 2.23. The number of aromatic nitrogens is 5. The highest BCUT2D eigenvalue weighted by atomic mass is 32.2. The van der Waals surface area contributed by atoms with E-state index in [1.165, 1.54) is 18.1 Å². The Morgan fingerprint density at radius 1 is 1.30 bits per heavy atom. The highest BCUT2D eigenvalue weighted by molar-refractivity contribution is 8.00. The molecular formula is C15H15N5O2S. The van der Waals surface area contributed by atoms with Gasteiger partial charge in [-0.05, 0) is 12.0 Å². The van der Waals surface area contributed by atoms with E-state index in [2.05, 4.69) is 20.3 Å². The second kappa shape index (κ2) is 6.74. The van der Waals surface area contributed by atoms with Crippen LogP contribution in [0.4, 0.5) is 0 Å².